The van der Waals surface area contributed by atoms with Crippen molar-refractivity contribution < 1.29 is 4.79 Å². The summed E-state index contributed by atoms with van der Waals surface area (Å²) in [6.45, 7) is 10.7. The van der Waals surface area contributed by atoms with E-state index in [1.807, 2.05) is 9.80 Å². The predicted molar refractivity (Wildman–Crippen MR) is 63.3 cm³/mol. The highest BCUT2D eigenvalue weighted by Crippen LogP contribution is 2.09. The second-order valence-corrected chi connectivity index (χ2v) is 4.82. The van der Waals surface area contributed by atoms with Crippen LogP contribution >= 0.6 is 0 Å². The Morgan fingerprint density at radius 2 is 1.75 bits per heavy atom. The summed E-state index contributed by atoms with van der Waals surface area (Å²) < 4.78 is 0. The largest absolute Gasteiger partial charge is 0.322 e. The minimum atomic E-state index is 0.202. The molecule has 0 saturated carbocycles. The van der Waals surface area contributed by atoms with Crippen LogP contribution in [0.3, 0.4) is 0 Å². The first-order valence-corrected chi connectivity index (χ1v) is 6.17. The van der Waals surface area contributed by atoms with Crippen LogP contribution in [0.4, 0.5) is 4.79 Å². The summed E-state index contributed by atoms with van der Waals surface area (Å²) in [5, 5.41) is 3.19. The zero-order valence-corrected chi connectivity index (χ0v) is 10.3. The first-order chi connectivity index (χ1) is 7.68. The third kappa shape index (κ3) is 2.47. The maximum Gasteiger partial charge on any atom is 0.321 e. The lowest BCUT2D eigenvalue weighted by molar-refractivity contribution is 0.103. The van der Waals surface area contributed by atoms with Gasteiger partial charge >= 0.3 is 6.03 Å². The second kappa shape index (κ2) is 5.01. The Morgan fingerprint density at radius 3 is 2.25 bits per heavy atom. The molecule has 0 unspecified atom stereocenters. The van der Waals surface area contributed by atoms with Crippen molar-refractivity contribution in [3.63, 3.8) is 0 Å². The van der Waals surface area contributed by atoms with Crippen molar-refractivity contribution in [2.75, 3.05) is 45.9 Å². The minimum Gasteiger partial charge on any atom is -0.322 e. The Morgan fingerprint density at radius 1 is 1.06 bits per heavy atom. The van der Waals surface area contributed by atoms with Crippen LogP contribution < -0.4 is 5.32 Å². The molecule has 2 heterocycles. The molecule has 16 heavy (non-hydrogen) atoms. The maximum absolute atomic E-state index is 12.1. The van der Waals surface area contributed by atoms with Crippen molar-refractivity contribution >= 4 is 6.03 Å². The van der Waals surface area contributed by atoms with Crippen molar-refractivity contribution in [2.45, 2.75) is 19.9 Å². The molecule has 5 nitrogen and oxygen atoms in total. The lowest BCUT2D eigenvalue weighted by Crippen LogP contribution is -2.53. The van der Waals surface area contributed by atoms with Gasteiger partial charge in [-0.3, -0.25) is 10.2 Å². The van der Waals surface area contributed by atoms with E-state index in [9.17, 15) is 4.79 Å². The summed E-state index contributed by atoms with van der Waals surface area (Å²) >= 11 is 0. The van der Waals surface area contributed by atoms with E-state index in [0.717, 1.165) is 39.3 Å². The lowest BCUT2D eigenvalue weighted by Gasteiger charge is -2.38. The molecule has 2 fully saturated rings. The normalized spacial score (nSPS) is 23.2. The molecule has 92 valence electrons. The summed E-state index contributed by atoms with van der Waals surface area (Å²) in [5.41, 5.74) is 0. The molecule has 0 bridgehead atoms. The van der Waals surface area contributed by atoms with E-state index in [1.165, 1.54) is 0 Å². The average Bonchev–Trinajstić information content (AvgIpc) is 2.81. The van der Waals surface area contributed by atoms with Crippen molar-refractivity contribution in [2.24, 2.45) is 0 Å². The van der Waals surface area contributed by atoms with Crippen molar-refractivity contribution in [1.29, 1.82) is 0 Å². The number of carbonyl (C=O) groups is 1. The van der Waals surface area contributed by atoms with Crippen molar-refractivity contribution in [3.05, 3.63) is 0 Å². The van der Waals surface area contributed by atoms with Crippen LogP contribution in [0.2, 0.25) is 0 Å². The molecule has 2 saturated heterocycles. The van der Waals surface area contributed by atoms with Crippen LogP contribution in [0.5, 0.6) is 0 Å². The number of amides is 2. The second-order valence-electron chi connectivity index (χ2n) is 4.82. The topological polar surface area (TPSA) is 38.8 Å². The Hall–Kier alpha value is -0.810. The van der Waals surface area contributed by atoms with Gasteiger partial charge in [-0.25, -0.2) is 4.79 Å². The zero-order valence-electron chi connectivity index (χ0n) is 10.3. The van der Waals surface area contributed by atoms with E-state index >= 15 is 0 Å². The van der Waals surface area contributed by atoms with E-state index in [0.29, 0.717) is 12.7 Å². The predicted octanol–water partition coefficient (Wildman–Crippen LogP) is -0.00490. The van der Waals surface area contributed by atoms with Crippen LogP contribution in [-0.4, -0.2) is 72.7 Å². The quantitative estimate of drug-likeness (QED) is 0.684. The standard InChI is InChI=1S/C11H22N4O/c1-10(2)13-5-7-14(8-6-13)11(16)15-4-3-12-9-15/h10,12H,3-9H2,1-2H3. The van der Waals surface area contributed by atoms with Crippen molar-refractivity contribution in [1.82, 2.24) is 20.0 Å². The Balaban J connectivity index is 1.81. The number of piperazine rings is 1. The Kier molecular flexibility index (Phi) is 3.66. The molecular formula is C11H22N4O. The Labute approximate surface area is 97.4 Å². The average molecular weight is 226 g/mol. The molecule has 0 aliphatic carbocycles. The molecule has 2 amide bonds. The van der Waals surface area contributed by atoms with E-state index in [1.54, 1.807) is 0 Å². The van der Waals surface area contributed by atoms with Gasteiger partial charge in [0.1, 0.15) is 0 Å². The summed E-state index contributed by atoms with van der Waals surface area (Å²) in [5.74, 6) is 0. The highest BCUT2D eigenvalue weighted by Gasteiger charge is 2.27. The first kappa shape index (κ1) is 11.7. The first-order valence-electron chi connectivity index (χ1n) is 6.17. The summed E-state index contributed by atoms with van der Waals surface area (Å²) in [6, 6.07) is 0.791. The molecule has 0 spiro atoms. The zero-order chi connectivity index (χ0) is 11.5. The fourth-order valence-corrected chi connectivity index (χ4v) is 2.30. The van der Waals surface area contributed by atoms with Gasteiger partial charge in [-0.2, -0.15) is 0 Å². The molecule has 1 N–H and O–H groups in total. The summed E-state index contributed by atoms with van der Waals surface area (Å²) in [4.78, 5) is 18.4. The number of hydrogen-bond donors (Lipinski definition) is 1. The van der Waals surface area contributed by atoms with Crippen LogP contribution in [0, 0.1) is 0 Å². The molecule has 5 heteroatoms. The van der Waals surface area contributed by atoms with Gasteiger partial charge in [0.25, 0.3) is 0 Å². The fourth-order valence-electron chi connectivity index (χ4n) is 2.30. The van der Waals surface area contributed by atoms with Crippen LogP contribution in [-0.2, 0) is 0 Å². The fraction of sp³-hybridized carbons (Fsp3) is 0.909. The molecule has 0 aromatic heterocycles. The molecule has 0 aromatic carbocycles. The number of hydrogen-bond acceptors (Lipinski definition) is 3. The number of carbonyl (C=O) groups excluding carboxylic acids is 1. The third-order valence-electron chi connectivity index (χ3n) is 3.45. The minimum absolute atomic E-state index is 0.202. The van der Waals surface area contributed by atoms with Gasteiger partial charge in [-0.1, -0.05) is 0 Å². The van der Waals surface area contributed by atoms with E-state index in [4.69, 9.17) is 0 Å². The lowest BCUT2D eigenvalue weighted by atomic mass is 10.2. The van der Waals surface area contributed by atoms with Crippen molar-refractivity contribution in [3.8, 4) is 0 Å². The van der Waals surface area contributed by atoms with Crippen LogP contribution in [0.1, 0.15) is 13.8 Å². The SMILES string of the molecule is CC(C)N1CCN(C(=O)N2CCNC2)CC1. The molecule has 2 aliphatic heterocycles. The monoisotopic (exact) mass is 226 g/mol. The van der Waals surface area contributed by atoms with E-state index in [2.05, 4.69) is 24.1 Å². The summed E-state index contributed by atoms with van der Waals surface area (Å²) in [6.07, 6.45) is 0. The van der Waals surface area contributed by atoms with Gasteiger partial charge in [-0.05, 0) is 13.8 Å². The molecular weight excluding hydrogens is 204 g/mol. The highest BCUT2D eigenvalue weighted by atomic mass is 16.2. The summed E-state index contributed by atoms with van der Waals surface area (Å²) in [7, 11) is 0. The van der Waals surface area contributed by atoms with Gasteiger partial charge in [0, 0.05) is 45.3 Å². The van der Waals surface area contributed by atoms with Gasteiger partial charge in [-0.15, -0.1) is 0 Å². The van der Waals surface area contributed by atoms with Crippen LogP contribution in [0.25, 0.3) is 0 Å². The maximum atomic E-state index is 12.1. The van der Waals surface area contributed by atoms with E-state index in [-0.39, 0.29) is 6.03 Å². The van der Waals surface area contributed by atoms with Crippen LogP contribution in [0.15, 0.2) is 0 Å². The number of rotatable bonds is 1. The molecule has 2 rings (SSSR count). The molecule has 0 aromatic rings. The van der Waals surface area contributed by atoms with Gasteiger partial charge < -0.3 is 9.80 Å². The van der Waals surface area contributed by atoms with E-state index < -0.39 is 0 Å². The smallest absolute Gasteiger partial charge is 0.321 e. The third-order valence-corrected chi connectivity index (χ3v) is 3.45. The number of nitrogens with one attached hydrogen (secondary N) is 1. The Bertz CT molecular complexity index is 242. The number of urea groups is 1. The molecule has 2 aliphatic rings. The molecule has 0 radical (unpaired) electrons. The van der Waals surface area contributed by atoms with Gasteiger partial charge in [0.2, 0.25) is 0 Å². The van der Waals surface area contributed by atoms with Gasteiger partial charge in [0.15, 0.2) is 0 Å². The molecule has 0 atom stereocenters. The highest BCUT2D eigenvalue weighted by molar-refractivity contribution is 5.74. The van der Waals surface area contributed by atoms with Gasteiger partial charge in [0.05, 0.1) is 6.67 Å². The number of nitrogens with zero attached hydrogens (tertiary/aromatic N) is 3.